The molecule has 0 radical (unpaired) electrons. The van der Waals surface area contributed by atoms with Crippen LogP contribution in [0.1, 0.15) is 41.5 Å². The summed E-state index contributed by atoms with van der Waals surface area (Å²) in [6, 6.07) is 6.52. The summed E-state index contributed by atoms with van der Waals surface area (Å²) < 4.78 is 10.7. The Balaban J connectivity index is 3.42. The van der Waals surface area contributed by atoms with Gasteiger partial charge in [0.25, 0.3) is 0 Å². The lowest BCUT2D eigenvalue weighted by molar-refractivity contribution is 0.0431. The standard InChI is InChI=1S/C18H26ClN3O4/c1-17(2,3)25-15(23)22(16(24)26-18(4,5)6)13-10-8-7-9-12(13)21-14(20)11-19/h7-10H,11H2,1-6H3,(H2,20,21). The first kappa shape index (κ1) is 21.8. The number of amidine groups is 1. The van der Waals surface area contributed by atoms with Crippen molar-refractivity contribution in [2.75, 3.05) is 10.8 Å². The first-order valence-corrected chi connectivity index (χ1v) is 8.61. The molecule has 1 aromatic rings. The molecule has 0 aromatic heterocycles. The van der Waals surface area contributed by atoms with Crippen molar-refractivity contribution >= 4 is 41.0 Å². The lowest BCUT2D eigenvalue weighted by Gasteiger charge is -2.29. The van der Waals surface area contributed by atoms with Gasteiger partial charge in [0.15, 0.2) is 0 Å². The molecular formula is C18H26ClN3O4. The van der Waals surface area contributed by atoms with Crippen molar-refractivity contribution in [1.82, 2.24) is 0 Å². The first-order valence-electron chi connectivity index (χ1n) is 8.08. The Labute approximate surface area is 159 Å². The number of carbonyl (C=O) groups is 2. The number of halogens is 1. The minimum absolute atomic E-state index is 0.00715. The molecule has 0 saturated carbocycles. The van der Waals surface area contributed by atoms with Gasteiger partial charge in [-0.1, -0.05) is 12.1 Å². The van der Waals surface area contributed by atoms with Crippen molar-refractivity contribution < 1.29 is 19.1 Å². The van der Waals surface area contributed by atoms with Gasteiger partial charge in [-0.05, 0) is 53.7 Å². The Bertz CT molecular complexity index is 662. The number of hydrogen-bond acceptors (Lipinski definition) is 5. The number of para-hydroxylation sites is 2. The smallest absolute Gasteiger partial charge is 0.424 e. The normalized spacial score (nSPS) is 12.5. The fraction of sp³-hybridized carbons (Fsp3) is 0.500. The van der Waals surface area contributed by atoms with Gasteiger partial charge in [-0.25, -0.2) is 14.6 Å². The van der Waals surface area contributed by atoms with Crippen LogP contribution in [0.2, 0.25) is 0 Å². The molecule has 8 heteroatoms. The highest BCUT2D eigenvalue weighted by Gasteiger charge is 2.33. The molecule has 0 heterocycles. The van der Waals surface area contributed by atoms with E-state index in [9.17, 15) is 9.59 Å². The molecule has 0 aliphatic carbocycles. The molecule has 144 valence electrons. The number of benzene rings is 1. The average molecular weight is 384 g/mol. The van der Waals surface area contributed by atoms with Gasteiger partial charge in [-0.15, -0.1) is 11.6 Å². The molecule has 0 spiro atoms. The maximum atomic E-state index is 12.7. The molecule has 2 amide bonds. The predicted molar refractivity (Wildman–Crippen MR) is 103 cm³/mol. The van der Waals surface area contributed by atoms with Gasteiger partial charge in [0.1, 0.15) is 17.0 Å². The van der Waals surface area contributed by atoms with Crippen LogP contribution in [0.15, 0.2) is 29.3 Å². The van der Waals surface area contributed by atoms with Crippen LogP contribution < -0.4 is 10.6 Å². The fourth-order valence-corrected chi connectivity index (χ4v) is 1.88. The zero-order chi connectivity index (χ0) is 20.1. The van der Waals surface area contributed by atoms with Crippen molar-refractivity contribution in [1.29, 1.82) is 0 Å². The van der Waals surface area contributed by atoms with Crippen LogP contribution in [0.3, 0.4) is 0 Å². The summed E-state index contributed by atoms with van der Waals surface area (Å²) >= 11 is 5.68. The van der Waals surface area contributed by atoms with E-state index in [4.69, 9.17) is 26.8 Å². The van der Waals surface area contributed by atoms with Gasteiger partial charge >= 0.3 is 12.2 Å². The highest BCUT2D eigenvalue weighted by Crippen LogP contribution is 2.31. The van der Waals surface area contributed by atoms with E-state index in [0.717, 1.165) is 4.90 Å². The summed E-state index contributed by atoms with van der Waals surface area (Å²) in [5, 5.41) is 0. The van der Waals surface area contributed by atoms with Crippen molar-refractivity contribution in [3.63, 3.8) is 0 Å². The Morgan fingerprint density at radius 1 is 1.04 bits per heavy atom. The summed E-state index contributed by atoms with van der Waals surface area (Å²) in [6.07, 6.45) is -1.75. The van der Waals surface area contributed by atoms with E-state index in [1.165, 1.54) is 0 Å². The largest absolute Gasteiger partial charge is 0.443 e. The van der Waals surface area contributed by atoms with Crippen LogP contribution in [-0.4, -0.2) is 35.1 Å². The topological polar surface area (TPSA) is 94.2 Å². The molecular weight excluding hydrogens is 358 g/mol. The summed E-state index contributed by atoms with van der Waals surface area (Å²) in [4.78, 5) is 30.3. The molecule has 2 N–H and O–H groups in total. The highest BCUT2D eigenvalue weighted by molar-refractivity contribution is 6.28. The predicted octanol–water partition coefficient (Wildman–Crippen LogP) is 4.59. The third kappa shape index (κ3) is 6.92. The van der Waals surface area contributed by atoms with Crippen LogP contribution in [0.4, 0.5) is 21.0 Å². The molecule has 0 aliphatic heterocycles. The van der Waals surface area contributed by atoms with Gasteiger partial charge in [0.2, 0.25) is 0 Å². The van der Waals surface area contributed by atoms with Gasteiger partial charge in [0, 0.05) is 0 Å². The quantitative estimate of drug-likeness (QED) is 0.468. The molecule has 0 saturated heterocycles. The molecule has 7 nitrogen and oxygen atoms in total. The maximum absolute atomic E-state index is 12.7. The Hall–Kier alpha value is -2.28. The Kier molecular flexibility index (Phi) is 7.03. The minimum Gasteiger partial charge on any atom is -0.443 e. The summed E-state index contributed by atoms with van der Waals surface area (Å²) in [6.45, 7) is 10.2. The number of ether oxygens (including phenoxy) is 2. The second kappa shape index (κ2) is 8.40. The zero-order valence-corrected chi connectivity index (χ0v) is 16.8. The van der Waals surface area contributed by atoms with E-state index in [1.807, 2.05) is 0 Å². The number of aliphatic imine (C=N–C) groups is 1. The number of rotatable bonds is 3. The molecule has 0 bridgehead atoms. The monoisotopic (exact) mass is 383 g/mol. The van der Waals surface area contributed by atoms with Crippen molar-refractivity contribution in [3.8, 4) is 0 Å². The van der Waals surface area contributed by atoms with Gasteiger partial charge in [0.05, 0.1) is 17.3 Å². The van der Waals surface area contributed by atoms with E-state index >= 15 is 0 Å². The number of nitrogens with two attached hydrogens (primary N) is 1. The second-order valence-corrected chi connectivity index (χ2v) is 7.79. The van der Waals surface area contributed by atoms with Gasteiger partial charge < -0.3 is 15.2 Å². The number of imide groups is 1. The molecule has 26 heavy (non-hydrogen) atoms. The second-order valence-electron chi connectivity index (χ2n) is 7.52. The lowest BCUT2D eigenvalue weighted by atomic mass is 10.2. The molecule has 0 fully saturated rings. The number of nitrogens with zero attached hydrogens (tertiary/aromatic N) is 2. The number of anilines is 1. The molecule has 1 rings (SSSR count). The number of carbonyl (C=O) groups excluding carboxylic acids is 2. The van der Waals surface area contributed by atoms with Crippen LogP contribution in [0.5, 0.6) is 0 Å². The number of amides is 2. The van der Waals surface area contributed by atoms with Gasteiger partial charge in [-0.3, -0.25) is 0 Å². The third-order valence-corrected chi connectivity index (χ3v) is 2.95. The SMILES string of the molecule is CC(C)(C)OC(=O)N(C(=O)OC(C)(C)C)c1ccccc1N=C(N)CCl. The van der Waals surface area contributed by atoms with Gasteiger partial charge in [-0.2, -0.15) is 4.90 Å². The lowest BCUT2D eigenvalue weighted by Crippen LogP contribution is -2.43. The fourth-order valence-electron chi connectivity index (χ4n) is 1.82. The maximum Gasteiger partial charge on any atom is 0.424 e. The van der Waals surface area contributed by atoms with Crippen LogP contribution in [-0.2, 0) is 9.47 Å². The Morgan fingerprint density at radius 3 is 1.92 bits per heavy atom. The van der Waals surface area contributed by atoms with E-state index in [-0.39, 0.29) is 17.4 Å². The van der Waals surface area contributed by atoms with E-state index in [2.05, 4.69) is 4.99 Å². The van der Waals surface area contributed by atoms with Crippen LogP contribution >= 0.6 is 11.6 Å². The summed E-state index contributed by atoms with van der Waals surface area (Å²) in [7, 11) is 0. The van der Waals surface area contributed by atoms with Crippen LogP contribution in [0.25, 0.3) is 0 Å². The zero-order valence-electron chi connectivity index (χ0n) is 16.0. The number of hydrogen-bond donors (Lipinski definition) is 1. The van der Waals surface area contributed by atoms with Crippen molar-refractivity contribution in [3.05, 3.63) is 24.3 Å². The first-order chi connectivity index (χ1) is 11.8. The third-order valence-electron chi connectivity index (χ3n) is 2.68. The minimum atomic E-state index is -0.876. The molecule has 0 atom stereocenters. The molecule has 1 aromatic carbocycles. The van der Waals surface area contributed by atoms with Crippen LogP contribution in [0, 0.1) is 0 Å². The van der Waals surface area contributed by atoms with Crippen molar-refractivity contribution in [2.24, 2.45) is 10.7 Å². The summed E-state index contributed by atoms with van der Waals surface area (Å²) in [5.74, 6) is 0.153. The summed E-state index contributed by atoms with van der Waals surface area (Å²) in [5.41, 5.74) is 4.57. The highest BCUT2D eigenvalue weighted by atomic mass is 35.5. The van der Waals surface area contributed by atoms with Crippen molar-refractivity contribution in [2.45, 2.75) is 52.7 Å². The van der Waals surface area contributed by atoms with E-state index in [0.29, 0.717) is 5.69 Å². The molecule has 0 unspecified atom stereocenters. The Morgan fingerprint density at radius 2 is 1.50 bits per heavy atom. The van der Waals surface area contributed by atoms with E-state index < -0.39 is 23.4 Å². The van der Waals surface area contributed by atoms with E-state index in [1.54, 1.807) is 65.8 Å². The number of alkyl halides is 1. The average Bonchev–Trinajstić information content (AvgIpc) is 2.45. The molecule has 0 aliphatic rings.